The second-order valence-electron chi connectivity index (χ2n) is 5.28. The summed E-state index contributed by atoms with van der Waals surface area (Å²) in [5.74, 6) is 0.568. The minimum absolute atomic E-state index is 0.118. The van der Waals surface area contributed by atoms with E-state index in [-0.39, 0.29) is 11.4 Å². The number of hydrogen-bond donors (Lipinski definition) is 0. The number of anilines is 1. The molecule has 0 radical (unpaired) electrons. The number of aromatic nitrogens is 2. The fourth-order valence-corrected chi connectivity index (χ4v) is 3.65. The molecule has 0 saturated heterocycles. The van der Waals surface area contributed by atoms with E-state index in [4.69, 9.17) is 4.42 Å². The average molecular weight is 331 g/mol. The second-order valence-corrected chi connectivity index (χ2v) is 7.14. The lowest BCUT2D eigenvalue weighted by Crippen LogP contribution is -2.30. The molecule has 23 heavy (non-hydrogen) atoms. The second kappa shape index (κ2) is 5.92. The first-order valence-electron chi connectivity index (χ1n) is 7.07. The number of rotatable bonds is 5. The largest absolute Gasteiger partial charge is 0.467 e. The number of nitrogens with zero attached hydrogens (tertiary/aromatic N) is 3. The monoisotopic (exact) mass is 331 g/mol. The van der Waals surface area contributed by atoms with Gasteiger partial charge in [-0.05, 0) is 31.2 Å². The molecule has 0 N–H and O–H groups in total. The summed E-state index contributed by atoms with van der Waals surface area (Å²) in [6.45, 7) is 2.07. The number of furan rings is 1. The number of sulfonamides is 1. The molecule has 0 spiro atoms. The zero-order chi connectivity index (χ0) is 16.4. The van der Waals surface area contributed by atoms with Crippen molar-refractivity contribution in [1.29, 1.82) is 0 Å². The molecule has 120 valence electrons. The van der Waals surface area contributed by atoms with Crippen molar-refractivity contribution in [1.82, 2.24) is 9.78 Å². The highest BCUT2D eigenvalue weighted by Crippen LogP contribution is 2.26. The molecule has 0 aliphatic heterocycles. The average Bonchev–Trinajstić information content (AvgIpc) is 3.17. The van der Waals surface area contributed by atoms with Gasteiger partial charge in [0.1, 0.15) is 10.7 Å². The first-order chi connectivity index (χ1) is 11.0. The maximum Gasteiger partial charge on any atom is 0.267 e. The van der Waals surface area contributed by atoms with Crippen LogP contribution in [0.15, 0.2) is 64.4 Å². The molecule has 0 amide bonds. The highest BCUT2D eigenvalue weighted by Gasteiger charge is 2.27. The van der Waals surface area contributed by atoms with Crippen LogP contribution >= 0.6 is 0 Å². The van der Waals surface area contributed by atoms with E-state index < -0.39 is 10.0 Å². The van der Waals surface area contributed by atoms with E-state index in [0.29, 0.717) is 11.4 Å². The van der Waals surface area contributed by atoms with Crippen molar-refractivity contribution in [2.75, 3.05) is 4.31 Å². The van der Waals surface area contributed by atoms with E-state index in [1.807, 2.05) is 19.1 Å². The van der Waals surface area contributed by atoms with Gasteiger partial charge in [-0.2, -0.15) is 5.10 Å². The molecule has 0 aliphatic carbocycles. The number of benzene rings is 1. The van der Waals surface area contributed by atoms with Gasteiger partial charge in [0.2, 0.25) is 0 Å². The van der Waals surface area contributed by atoms with E-state index in [1.165, 1.54) is 27.6 Å². The molecule has 0 aliphatic rings. The summed E-state index contributed by atoms with van der Waals surface area (Å²) in [5.41, 5.74) is 1.64. The Balaban J connectivity index is 2.05. The zero-order valence-electron chi connectivity index (χ0n) is 12.9. The Morgan fingerprint density at radius 2 is 1.96 bits per heavy atom. The molecule has 3 aromatic rings. The Morgan fingerprint density at radius 1 is 1.22 bits per heavy atom. The van der Waals surface area contributed by atoms with Crippen LogP contribution in [-0.2, 0) is 23.6 Å². The van der Waals surface area contributed by atoms with E-state index in [2.05, 4.69) is 5.10 Å². The van der Waals surface area contributed by atoms with Crippen molar-refractivity contribution < 1.29 is 12.8 Å². The van der Waals surface area contributed by atoms with Crippen LogP contribution in [0.4, 0.5) is 5.69 Å². The Labute approximate surface area is 135 Å². The third-order valence-corrected chi connectivity index (χ3v) is 5.20. The molecule has 3 rings (SSSR count). The Kier molecular flexibility index (Phi) is 3.96. The number of aryl methyl sites for hydroxylation is 2. The summed E-state index contributed by atoms with van der Waals surface area (Å²) >= 11 is 0. The third-order valence-electron chi connectivity index (χ3n) is 3.47. The van der Waals surface area contributed by atoms with E-state index in [0.717, 1.165) is 5.56 Å². The van der Waals surface area contributed by atoms with Gasteiger partial charge in [0.25, 0.3) is 10.0 Å². The molecule has 2 heterocycles. The van der Waals surface area contributed by atoms with Crippen molar-refractivity contribution in [2.24, 2.45) is 7.05 Å². The first-order valence-corrected chi connectivity index (χ1v) is 8.51. The minimum Gasteiger partial charge on any atom is -0.467 e. The normalized spacial score (nSPS) is 11.6. The summed E-state index contributed by atoms with van der Waals surface area (Å²) < 4.78 is 34.1. The molecule has 1 aromatic carbocycles. The molecule has 2 aromatic heterocycles. The van der Waals surface area contributed by atoms with Gasteiger partial charge in [0.05, 0.1) is 24.7 Å². The minimum atomic E-state index is -3.73. The fraction of sp³-hybridized carbons (Fsp3) is 0.188. The van der Waals surface area contributed by atoms with Crippen molar-refractivity contribution in [3.05, 3.63) is 66.4 Å². The molecular weight excluding hydrogens is 314 g/mol. The van der Waals surface area contributed by atoms with Gasteiger partial charge < -0.3 is 4.42 Å². The van der Waals surface area contributed by atoms with Gasteiger partial charge in [-0.15, -0.1) is 0 Å². The quantitative estimate of drug-likeness (QED) is 0.721. The van der Waals surface area contributed by atoms with E-state index in [9.17, 15) is 8.42 Å². The van der Waals surface area contributed by atoms with Crippen LogP contribution in [0, 0.1) is 6.92 Å². The molecule has 6 nitrogen and oxygen atoms in total. The molecule has 0 saturated carbocycles. The summed E-state index contributed by atoms with van der Waals surface area (Å²) in [7, 11) is -2.05. The predicted octanol–water partition coefficient (Wildman–Crippen LogP) is 2.72. The smallest absolute Gasteiger partial charge is 0.267 e. The van der Waals surface area contributed by atoms with Gasteiger partial charge >= 0.3 is 0 Å². The molecule has 0 bridgehead atoms. The van der Waals surface area contributed by atoms with Gasteiger partial charge in [-0.3, -0.25) is 8.99 Å². The maximum absolute atomic E-state index is 13.0. The molecular formula is C16H17N3O3S. The SMILES string of the molecule is Cc1ccc(N(Cc2ccco2)S(=O)(=O)c2cnn(C)c2)cc1. The molecule has 0 fully saturated rings. The van der Waals surface area contributed by atoms with Gasteiger partial charge in [-0.25, -0.2) is 8.42 Å². The Bertz CT molecular complexity index is 881. The van der Waals surface area contributed by atoms with Crippen LogP contribution in [0.5, 0.6) is 0 Å². The summed E-state index contributed by atoms with van der Waals surface area (Å²) in [4.78, 5) is 0.145. The van der Waals surface area contributed by atoms with Crippen molar-refractivity contribution in [2.45, 2.75) is 18.4 Å². The Morgan fingerprint density at radius 3 is 2.52 bits per heavy atom. The highest BCUT2D eigenvalue weighted by atomic mass is 32.2. The Hall–Kier alpha value is -2.54. The van der Waals surface area contributed by atoms with Crippen LogP contribution in [0.1, 0.15) is 11.3 Å². The molecule has 0 unspecified atom stereocenters. The fourth-order valence-electron chi connectivity index (χ4n) is 2.23. The lowest BCUT2D eigenvalue weighted by Gasteiger charge is -2.23. The van der Waals surface area contributed by atoms with Crippen LogP contribution in [-0.4, -0.2) is 18.2 Å². The van der Waals surface area contributed by atoms with Gasteiger partial charge in [-0.1, -0.05) is 17.7 Å². The lowest BCUT2D eigenvalue weighted by atomic mass is 10.2. The van der Waals surface area contributed by atoms with Gasteiger partial charge in [0, 0.05) is 13.2 Å². The standard InChI is InChI=1S/C16H17N3O3S/c1-13-5-7-14(8-6-13)19(11-15-4-3-9-22-15)23(20,21)16-10-17-18(2)12-16/h3-10,12H,11H2,1-2H3. The zero-order valence-corrected chi connectivity index (χ0v) is 13.7. The van der Waals surface area contributed by atoms with Crippen LogP contribution in [0.25, 0.3) is 0 Å². The lowest BCUT2D eigenvalue weighted by molar-refractivity contribution is 0.508. The molecule has 7 heteroatoms. The van der Waals surface area contributed by atoms with Gasteiger partial charge in [0.15, 0.2) is 0 Å². The first kappa shape index (κ1) is 15.4. The summed E-state index contributed by atoms with van der Waals surface area (Å²) in [6.07, 6.45) is 4.36. The van der Waals surface area contributed by atoms with Crippen molar-refractivity contribution in [3.8, 4) is 0 Å². The maximum atomic E-state index is 13.0. The van der Waals surface area contributed by atoms with Crippen molar-refractivity contribution >= 4 is 15.7 Å². The number of hydrogen-bond acceptors (Lipinski definition) is 4. The van der Waals surface area contributed by atoms with Crippen LogP contribution < -0.4 is 4.31 Å². The molecule has 0 atom stereocenters. The van der Waals surface area contributed by atoms with Crippen LogP contribution in [0.3, 0.4) is 0 Å². The van der Waals surface area contributed by atoms with E-state index >= 15 is 0 Å². The van der Waals surface area contributed by atoms with Crippen LogP contribution in [0.2, 0.25) is 0 Å². The predicted molar refractivity (Wildman–Crippen MR) is 86.5 cm³/mol. The summed E-state index contributed by atoms with van der Waals surface area (Å²) in [6, 6.07) is 10.8. The van der Waals surface area contributed by atoms with E-state index in [1.54, 1.807) is 31.3 Å². The van der Waals surface area contributed by atoms with Crippen molar-refractivity contribution in [3.63, 3.8) is 0 Å². The third kappa shape index (κ3) is 3.14. The summed E-state index contributed by atoms with van der Waals surface area (Å²) in [5, 5.41) is 3.96. The highest BCUT2D eigenvalue weighted by molar-refractivity contribution is 7.92. The topological polar surface area (TPSA) is 68.3 Å².